The molecule has 17 heavy (non-hydrogen) atoms. The van der Waals surface area contributed by atoms with Crippen molar-refractivity contribution in [3.05, 3.63) is 23.0 Å². The van der Waals surface area contributed by atoms with Crippen LogP contribution in [0.2, 0.25) is 5.15 Å². The summed E-state index contributed by atoms with van der Waals surface area (Å²) >= 11 is 5.48. The molecule has 0 fully saturated rings. The van der Waals surface area contributed by atoms with Gasteiger partial charge in [0, 0.05) is 0 Å². The second-order valence-corrected chi connectivity index (χ2v) is 3.66. The van der Waals surface area contributed by atoms with Gasteiger partial charge in [0.2, 0.25) is 0 Å². The summed E-state index contributed by atoms with van der Waals surface area (Å²) in [5, 5.41) is 27.1. The van der Waals surface area contributed by atoms with Crippen LogP contribution in [0.25, 0.3) is 0 Å². The molecule has 1 amide bonds. The molecule has 0 aliphatic rings. The second kappa shape index (κ2) is 5.55. The Labute approximate surface area is 101 Å². The molecule has 0 saturated carbocycles. The van der Waals surface area contributed by atoms with E-state index in [1.54, 1.807) is 0 Å². The SMILES string of the molecule is CC(O)C(NC(=O)c1ccc(Cl)nn1)C(=O)O. The smallest absolute Gasteiger partial charge is 0.328 e. The van der Waals surface area contributed by atoms with Crippen molar-refractivity contribution in [1.29, 1.82) is 0 Å². The highest BCUT2D eigenvalue weighted by molar-refractivity contribution is 6.29. The number of carbonyl (C=O) groups excluding carboxylic acids is 1. The van der Waals surface area contributed by atoms with E-state index in [9.17, 15) is 9.59 Å². The number of aliphatic hydroxyl groups is 1. The van der Waals surface area contributed by atoms with E-state index in [4.69, 9.17) is 21.8 Å². The van der Waals surface area contributed by atoms with Gasteiger partial charge in [-0.15, -0.1) is 10.2 Å². The highest BCUT2D eigenvalue weighted by Gasteiger charge is 2.25. The van der Waals surface area contributed by atoms with Crippen molar-refractivity contribution in [3.63, 3.8) is 0 Å². The van der Waals surface area contributed by atoms with Crippen LogP contribution >= 0.6 is 11.6 Å². The lowest BCUT2D eigenvalue weighted by Gasteiger charge is -2.16. The van der Waals surface area contributed by atoms with Crippen molar-refractivity contribution in [1.82, 2.24) is 15.5 Å². The molecule has 0 saturated heterocycles. The molecule has 0 bridgehead atoms. The van der Waals surface area contributed by atoms with Crippen molar-refractivity contribution in [2.75, 3.05) is 0 Å². The molecule has 7 nitrogen and oxygen atoms in total. The highest BCUT2D eigenvalue weighted by atomic mass is 35.5. The van der Waals surface area contributed by atoms with Crippen LogP contribution in [0, 0.1) is 0 Å². The summed E-state index contributed by atoms with van der Waals surface area (Å²) in [6, 6.07) is 1.24. The van der Waals surface area contributed by atoms with Crippen LogP contribution in [0.15, 0.2) is 12.1 Å². The summed E-state index contributed by atoms with van der Waals surface area (Å²) in [6.45, 7) is 1.26. The third kappa shape index (κ3) is 3.65. The van der Waals surface area contributed by atoms with Crippen LogP contribution < -0.4 is 5.32 Å². The number of hydrogen-bond acceptors (Lipinski definition) is 5. The van der Waals surface area contributed by atoms with Crippen molar-refractivity contribution < 1.29 is 19.8 Å². The minimum absolute atomic E-state index is 0.0821. The fraction of sp³-hybridized carbons (Fsp3) is 0.333. The summed E-state index contributed by atoms with van der Waals surface area (Å²) < 4.78 is 0. The molecule has 1 aromatic rings. The molecule has 0 aromatic carbocycles. The van der Waals surface area contributed by atoms with E-state index in [0.717, 1.165) is 0 Å². The minimum atomic E-state index is -1.40. The molecule has 3 N–H and O–H groups in total. The predicted molar refractivity (Wildman–Crippen MR) is 57.6 cm³/mol. The van der Waals surface area contributed by atoms with E-state index in [-0.39, 0.29) is 10.8 Å². The quantitative estimate of drug-likeness (QED) is 0.684. The highest BCUT2D eigenvalue weighted by Crippen LogP contribution is 2.03. The zero-order valence-electron chi connectivity index (χ0n) is 8.79. The Morgan fingerprint density at radius 2 is 2.06 bits per heavy atom. The van der Waals surface area contributed by atoms with Crippen LogP contribution in [-0.2, 0) is 4.79 Å². The van der Waals surface area contributed by atoms with Crippen molar-refractivity contribution in [2.45, 2.75) is 19.1 Å². The van der Waals surface area contributed by atoms with Gasteiger partial charge in [-0.2, -0.15) is 0 Å². The molecule has 1 aromatic heterocycles. The number of carboxylic acid groups (broad SMARTS) is 1. The number of rotatable bonds is 4. The number of aliphatic carboxylic acids is 1. The van der Waals surface area contributed by atoms with E-state index >= 15 is 0 Å². The largest absolute Gasteiger partial charge is 0.480 e. The molecule has 2 atom stereocenters. The van der Waals surface area contributed by atoms with Crippen LogP contribution in [-0.4, -0.2) is 44.4 Å². The normalized spacial score (nSPS) is 13.8. The molecule has 0 spiro atoms. The minimum Gasteiger partial charge on any atom is -0.480 e. The fourth-order valence-electron chi connectivity index (χ4n) is 1.04. The zero-order chi connectivity index (χ0) is 13.0. The predicted octanol–water partition coefficient (Wildman–Crippen LogP) is -0.306. The van der Waals surface area contributed by atoms with Crippen molar-refractivity contribution in [3.8, 4) is 0 Å². The topological polar surface area (TPSA) is 112 Å². The van der Waals surface area contributed by atoms with Gasteiger partial charge in [-0.05, 0) is 19.1 Å². The molecule has 0 aliphatic carbocycles. The first kappa shape index (κ1) is 13.3. The lowest BCUT2D eigenvalue weighted by Crippen LogP contribution is -2.47. The molecule has 0 aliphatic heterocycles. The molecule has 92 valence electrons. The van der Waals surface area contributed by atoms with E-state index in [1.165, 1.54) is 19.1 Å². The summed E-state index contributed by atoms with van der Waals surface area (Å²) in [5.74, 6) is -2.09. The number of hydrogen-bond donors (Lipinski definition) is 3. The average molecular weight is 260 g/mol. The van der Waals surface area contributed by atoms with Crippen LogP contribution in [0.3, 0.4) is 0 Å². The maximum absolute atomic E-state index is 11.5. The first-order valence-corrected chi connectivity index (χ1v) is 5.00. The van der Waals surface area contributed by atoms with Gasteiger partial charge < -0.3 is 15.5 Å². The fourth-order valence-corrected chi connectivity index (χ4v) is 1.14. The molecule has 2 unspecified atom stereocenters. The lowest BCUT2D eigenvalue weighted by molar-refractivity contribution is -0.141. The second-order valence-electron chi connectivity index (χ2n) is 3.27. The van der Waals surface area contributed by atoms with E-state index in [2.05, 4.69) is 15.5 Å². The number of amides is 1. The van der Waals surface area contributed by atoms with E-state index in [0.29, 0.717) is 0 Å². The number of nitrogens with zero attached hydrogens (tertiary/aromatic N) is 2. The number of nitrogens with one attached hydrogen (secondary N) is 1. The third-order valence-corrected chi connectivity index (χ3v) is 2.10. The summed E-state index contributed by atoms with van der Waals surface area (Å²) in [7, 11) is 0. The van der Waals surface area contributed by atoms with Crippen LogP contribution in [0.5, 0.6) is 0 Å². The summed E-state index contributed by atoms with van der Waals surface area (Å²) in [5.41, 5.74) is -0.0821. The number of aromatic nitrogens is 2. The first-order valence-electron chi connectivity index (χ1n) is 4.62. The van der Waals surface area contributed by atoms with Gasteiger partial charge in [0.25, 0.3) is 5.91 Å². The Balaban J connectivity index is 2.77. The Morgan fingerprint density at radius 1 is 1.41 bits per heavy atom. The third-order valence-electron chi connectivity index (χ3n) is 1.90. The number of aliphatic hydroxyl groups excluding tert-OH is 1. The Kier molecular flexibility index (Phi) is 4.36. The Morgan fingerprint density at radius 3 is 2.47 bits per heavy atom. The molecule has 8 heteroatoms. The standard InChI is InChI=1S/C9H10ClN3O4/c1-4(14)7(9(16)17)11-8(15)5-2-3-6(10)13-12-5/h2-4,7,14H,1H3,(H,11,15)(H,16,17). The van der Waals surface area contributed by atoms with Crippen LogP contribution in [0.4, 0.5) is 0 Å². The van der Waals surface area contributed by atoms with Crippen molar-refractivity contribution in [2.24, 2.45) is 0 Å². The van der Waals surface area contributed by atoms with Gasteiger partial charge in [-0.25, -0.2) is 4.79 Å². The first-order chi connectivity index (χ1) is 7.91. The van der Waals surface area contributed by atoms with Gasteiger partial charge in [-0.3, -0.25) is 4.79 Å². The molecule has 1 rings (SSSR count). The van der Waals surface area contributed by atoms with Gasteiger partial charge in [0.15, 0.2) is 16.9 Å². The Bertz CT molecular complexity index is 421. The maximum atomic E-state index is 11.5. The monoisotopic (exact) mass is 259 g/mol. The lowest BCUT2D eigenvalue weighted by atomic mass is 10.2. The zero-order valence-corrected chi connectivity index (χ0v) is 9.55. The Hall–Kier alpha value is -1.73. The average Bonchev–Trinajstić information content (AvgIpc) is 2.25. The molecule has 0 radical (unpaired) electrons. The molecular weight excluding hydrogens is 250 g/mol. The van der Waals surface area contributed by atoms with E-state index < -0.39 is 24.0 Å². The summed E-state index contributed by atoms with van der Waals surface area (Å²) in [4.78, 5) is 22.3. The van der Waals surface area contributed by atoms with Gasteiger partial charge >= 0.3 is 5.97 Å². The number of halogens is 1. The van der Waals surface area contributed by atoms with Gasteiger partial charge in [0.1, 0.15) is 0 Å². The molecular formula is C9H10ClN3O4. The van der Waals surface area contributed by atoms with Crippen molar-refractivity contribution >= 4 is 23.5 Å². The van der Waals surface area contributed by atoms with Gasteiger partial charge in [-0.1, -0.05) is 11.6 Å². The van der Waals surface area contributed by atoms with E-state index in [1.807, 2.05) is 0 Å². The number of carboxylic acids is 1. The maximum Gasteiger partial charge on any atom is 0.328 e. The summed E-state index contributed by atoms with van der Waals surface area (Å²) in [6.07, 6.45) is -1.23. The molecule has 1 heterocycles. The number of carbonyl (C=O) groups is 2. The van der Waals surface area contributed by atoms with Crippen LogP contribution in [0.1, 0.15) is 17.4 Å². The van der Waals surface area contributed by atoms with Gasteiger partial charge in [0.05, 0.1) is 6.10 Å².